The quantitative estimate of drug-likeness (QED) is 0.469. The van der Waals surface area contributed by atoms with Gasteiger partial charge in [-0.05, 0) is 39.5 Å². The molecule has 4 N–H and O–H groups in total. The lowest BCUT2D eigenvalue weighted by atomic mass is 10.1. The summed E-state index contributed by atoms with van der Waals surface area (Å²) in [5.41, 5.74) is 3.89. The van der Waals surface area contributed by atoms with Crippen LogP contribution >= 0.6 is 0 Å². The van der Waals surface area contributed by atoms with Crippen molar-refractivity contribution < 1.29 is 0 Å². The molecule has 3 nitrogen and oxygen atoms in total. The highest BCUT2D eigenvalue weighted by Gasteiger charge is 2.06. The van der Waals surface area contributed by atoms with E-state index in [4.69, 9.17) is 5.84 Å². The predicted molar refractivity (Wildman–Crippen MR) is 62.4 cm³/mol. The maximum absolute atomic E-state index is 5.43. The summed E-state index contributed by atoms with van der Waals surface area (Å²) in [6.07, 6.45) is 4.13. The van der Waals surface area contributed by atoms with Crippen molar-refractivity contribution in [2.45, 2.75) is 53.0 Å². The van der Waals surface area contributed by atoms with Crippen LogP contribution in [-0.4, -0.2) is 5.54 Å². The third-order valence-electron chi connectivity index (χ3n) is 1.86. The van der Waals surface area contributed by atoms with Crippen molar-refractivity contribution >= 4 is 0 Å². The topological polar surface area (TPSA) is 50.1 Å². The first kappa shape index (κ1) is 13.3. The van der Waals surface area contributed by atoms with Crippen LogP contribution in [0.4, 0.5) is 0 Å². The van der Waals surface area contributed by atoms with Crippen molar-refractivity contribution in [1.82, 2.24) is 10.7 Å². The van der Waals surface area contributed by atoms with Gasteiger partial charge in [-0.3, -0.25) is 5.84 Å². The molecule has 0 aliphatic heterocycles. The Kier molecular flexibility index (Phi) is 5.62. The minimum atomic E-state index is 0.0972. The van der Waals surface area contributed by atoms with E-state index in [9.17, 15) is 0 Å². The van der Waals surface area contributed by atoms with Crippen molar-refractivity contribution in [2.24, 2.45) is 11.8 Å². The Morgan fingerprint density at radius 2 is 1.93 bits per heavy atom. The molecule has 0 atom stereocenters. The Bertz CT molecular complexity index is 177. The van der Waals surface area contributed by atoms with E-state index in [0.29, 0.717) is 5.92 Å². The van der Waals surface area contributed by atoms with Crippen LogP contribution in [0.2, 0.25) is 0 Å². The van der Waals surface area contributed by atoms with E-state index in [-0.39, 0.29) is 5.54 Å². The Hall–Kier alpha value is -0.700. The summed E-state index contributed by atoms with van der Waals surface area (Å²) in [6.45, 7) is 10.8. The van der Waals surface area contributed by atoms with Crippen LogP contribution in [0, 0.1) is 5.92 Å². The number of hydrazine groups is 1. The van der Waals surface area contributed by atoms with E-state index in [0.717, 1.165) is 18.5 Å². The molecule has 0 saturated heterocycles. The summed E-state index contributed by atoms with van der Waals surface area (Å²) < 4.78 is 0. The van der Waals surface area contributed by atoms with Crippen LogP contribution in [0.5, 0.6) is 0 Å². The van der Waals surface area contributed by atoms with Gasteiger partial charge in [-0.2, -0.15) is 0 Å². The molecule has 0 spiro atoms. The highest BCUT2D eigenvalue weighted by Crippen LogP contribution is 2.08. The Balaban J connectivity index is 4.00. The molecule has 0 rings (SSSR count). The van der Waals surface area contributed by atoms with E-state index in [2.05, 4.69) is 45.4 Å². The van der Waals surface area contributed by atoms with Crippen molar-refractivity contribution in [3.05, 3.63) is 11.9 Å². The number of hydrogen-bond donors (Lipinski definition) is 3. The Labute approximate surface area is 88.1 Å². The minimum absolute atomic E-state index is 0.0972. The second-order valence-corrected chi connectivity index (χ2v) is 5.14. The fraction of sp³-hybridized carbons (Fsp3) is 0.818. The predicted octanol–water partition coefficient (Wildman–Crippen LogP) is 2.12. The average molecular weight is 199 g/mol. The van der Waals surface area contributed by atoms with E-state index in [1.165, 1.54) is 0 Å². The molecule has 84 valence electrons. The summed E-state index contributed by atoms with van der Waals surface area (Å²) >= 11 is 0. The summed E-state index contributed by atoms with van der Waals surface area (Å²) in [5, 5.41) is 3.29. The molecule has 0 aliphatic carbocycles. The second-order valence-electron chi connectivity index (χ2n) is 5.14. The molecule has 14 heavy (non-hydrogen) atoms. The van der Waals surface area contributed by atoms with Gasteiger partial charge in [0, 0.05) is 17.4 Å². The van der Waals surface area contributed by atoms with E-state index in [1.807, 2.05) is 6.20 Å². The molecular formula is C11H25N3. The van der Waals surface area contributed by atoms with Gasteiger partial charge in [0.25, 0.3) is 0 Å². The molecule has 0 bridgehead atoms. The molecule has 0 saturated carbocycles. The van der Waals surface area contributed by atoms with Gasteiger partial charge in [0.2, 0.25) is 0 Å². The number of nitrogens with one attached hydrogen (secondary N) is 2. The molecule has 0 aromatic rings. The molecule has 0 radical (unpaired) electrons. The minimum Gasteiger partial charge on any atom is -0.385 e. The maximum atomic E-state index is 5.43. The van der Waals surface area contributed by atoms with Crippen molar-refractivity contribution in [3.8, 4) is 0 Å². The number of hydrogen-bond acceptors (Lipinski definition) is 3. The lowest BCUT2D eigenvalue weighted by molar-refractivity contribution is 0.483. The summed E-state index contributed by atoms with van der Waals surface area (Å²) in [7, 11) is 0. The zero-order valence-corrected chi connectivity index (χ0v) is 10.1. The van der Waals surface area contributed by atoms with Crippen LogP contribution in [0.15, 0.2) is 11.9 Å². The average Bonchev–Trinajstić information content (AvgIpc) is 2.02. The maximum Gasteiger partial charge on any atom is 0.0415 e. The molecule has 0 aromatic heterocycles. The lowest BCUT2D eigenvalue weighted by Crippen LogP contribution is -2.33. The lowest BCUT2D eigenvalue weighted by Gasteiger charge is -2.20. The normalized spacial score (nSPS) is 13.2. The van der Waals surface area contributed by atoms with Gasteiger partial charge in [0.15, 0.2) is 0 Å². The number of nitrogens with two attached hydrogens (primary N) is 1. The highest BCUT2D eigenvalue weighted by molar-refractivity contribution is 4.98. The monoisotopic (exact) mass is 199 g/mol. The zero-order chi connectivity index (χ0) is 11.2. The zero-order valence-electron chi connectivity index (χ0n) is 10.1. The summed E-state index contributed by atoms with van der Waals surface area (Å²) in [5.74, 6) is 6.14. The Morgan fingerprint density at radius 1 is 1.36 bits per heavy atom. The van der Waals surface area contributed by atoms with Gasteiger partial charge in [-0.1, -0.05) is 13.8 Å². The molecule has 0 heterocycles. The molecule has 3 heteroatoms. The van der Waals surface area contributed by atoms with E-state index < -0.39 is 0 Å². The van der Waals surface area contributed by atoms with Gasteiger partial charge < -0.3 is 10.7 Å². The molecule has 0 aromatic carbocycles. The third-order valence-corrected chi connectivity index (χ3v) is 1.86. The highest BCUT2D eigenvalue weighted by atomic mass is 15.2. The van der Waals surface area contributed by atoms with Crippen molar-refractivity contribution in [2.75, 3.05) is 0 Å². The van der Waals surface area contributed by atoms with Crippen LogP contribution in [0.25, 0.3) is 0 Å². The fourth-order valence-corrected chi connectivity index (χ4v) is 0.934. The van der Waals surface area contributed by atoms with Crippen LogP contribution in [0.3, 0.4) is 0 Å². The van der Waals surface area contributed by atoms with Crippen LogP contribution in [-0.2, 0) is 0 Å². The van der Waals surface area contributed by atoms with E-state index >= 15 is 0 Å². The van der Waals surface area contributed by atoms with Crippen LogP contribution < -0.4 is 16.6 Å². The molecule has 0 aliphatic rings. The van der Waals surface area contributed by atoms with Crippen molar-refractivity contribution in [1.29, 1.82) is 0 Å². The Morgan fingerprint density at radius 3 is 2.29 bits per heavy atom. The number of allylic oxidation sites excluding steroid dienone is 1. The van der Waals surface area contributed by atoms with Gasteiger partial charge in [-0.15, -0.1) is 0 Å². The number of rotatable bonds is 5. The third kappa shape index (κ3) is 7.92. The standard InChI is InChI=1S/C11H25N3/c1-9(2)6-7-10(14-12)8-13-11(3,4)5/h8-9,13-14H,6-7,12H2,1-5H3/b10-8-. The van der Waals surface area contributed by atoms with Gasteiger partial charge in [-0.25, -0.2) is 0 Å². The second kappa shape index (κ2) is 5.91. The molecule has 0 amide bonds. The van der Waals surface area contributed by atoms with Gasteiger partial charge >= 0.3 is 0 Å². The van der Waals surface area contributed by atoms with Gasteiger partial charge in [0.1, 0.15) is 0 Å². The first-order chi connectivity index (χ1) is 6.35. The van der Waals surface area contributed by atoms with Crippen LogP contribution in [0.1, 0.15) is 47.5 Å². The smallest absolute Gasteiger partial charge is 0.0415 e. The fourth-order valence-electron chi connectivity index (χ4n) is 0.934. The summed E-state index contributed by atoms with van der Waals surface area (Å²) in [6, 6.07) is 0. The summed E-state index contributed by atoms with van der Waals surface area (Å²) in [4.78, 5) is 0. The SMILES string of the molecule is CC(C)CC/C(=C/NC(C)(C)C)NN. The van der Waals surface area contributed by atoms with Crippen molar-refractivity contribution in [3.63, 3.8) is 0 Å². The largest absolute Gasteiger partial charge is 0.385 e. The molecule has 0 unspecified atom stereocenters. The van der Waals surface area contributed by atoms with Gasteiger partial charge in [0.05, 0.1) is 0 Å². The van der Waals surface area contributed by atoms with E-state index in [1.54, 1.807) is 0 Å². The molecular weight excluding hydrogens is 174 g/mol. The first-order valence-corrected chi connectivity index (χ1v) is 5.28. The first-order valence-electron chi connectivity index (χ1n) is 5.28. The molecule has 0 fully saturated rings.